The fraction of sp³-hybridized carbons (Fsp3) is 0.333. The molecule has 2 aliphatic rings. The smallest absolute Gasteiger partial charge is 0.243 e. The van der Waals surface area contributed by atoms with Gasteiger partial charge in [-0.05, 0) is 37.1 Å². The van der Waals surface area contributed by atoms with Gasteiger partial charge in [0.15, 0.2) is 0 Å². The number of fused-ring (bicyclic) bond motifs is 4. The molecule has 1 N–H and O–H groups in total. The summed E-state index contributed by atoms with van der Waals surface area (Å²) in [5.74, 6) is 0. The van der Waals surface area contributed by atoms with Gasteiger partial charge in [-0.3, -0.25) is 4.90 Å². The summed E-state index contributed by atoms with van der Waals surface area (Å²) in [6.07, 6.45) is 0.888. The van der Waals surface area contributed by atoms with Crippen molar-refractivity contribution < 1.29 is 8.42 Å². The first-order valence-corrected chi connectivity index (χ1v) is 10.9. The van der Waals surface area contributed by atoms with Crippen LogP contribution in [0.2, 0.25) is 0 Å². The maximum atomic E-state index is 13.1. The zero-order chi connectivity index (χ0) is 18.6. The molecule has 3 aromatic rings. The van der Waals surface area contributed by atoms with Gasteiger partial charge >= 0.3 is 0 Å². The van der Waals surface area contributed by atoms with Gasteiger partial charge in [-0.1, -0.05) is 35.9 Å². The summed E-state index contributed by atoms with van der Waals surface area (Å²) in [6, 6.07) is 15.8. The van der Waals surface area contributed by atoms with E-state index in [1.807, 2.05) is 25.1 Å². The van der Waals surface area contributed by atoms with E-state index in [1.54, 1.807) is 16.4 Å². The molecule has 2 aromatic carbocycles. The van der Waals surface area contributed by atoms with Crippen LogP contribution in [0, 0.1) is 6.92 Å². The summed E-state index contributed by atoms with van der Waals surface area (Å²) < 4.78 is 27.8. The Kier molecular flexibility index (Phi) is 3.89. The Bertz CT molecular complexity index is 1100. The van der Waals surface area contributed by atoms with Gasteiger partial charge in [-0.2, -0.15) is 4.31 Å². The van der Waals surface area contributed by atoms with Crippen molar-refractivity contribution >= 4 is 20.9 Å². The lowest BCUT2D eigenvalue weighted by molar-refractivity contribution is 0.0994. The Balaban J connectivity index is 1.43. The van der Waals surface area contributed by atoms with Crippen molar-refractivity contribution in [1.82, 2.24) is 14.2 Å². The summed E-state index contributed by atoms with van der Waals surface area (Å²) in [6.45, 7) is 4.70. The molecule has 0 bridgehead atoms. The predicted molar refractivity (Wildman–Crippen MR) is 106 cm³/mol. The van der Waals surface area contributed by atoms with Gasteiger partial charge in [0, 0.05) is 48.8 Å². The minimum atomic E-state index is -3.44. The molecule has 3 heterocycles. The summed E-state index contributed by atoms with van der Waals surface area (Å²) in [5.41, 5.74) is 4.87. The minimum absolute atomic E-state index is 0.227. The monoisotopic (exact) mass is 381 g/mol. The Labute approximate surface area is 159 Å². The second kappa shape index (κ2) is 6.19. The molecule has 140 valence electrons. The van der Waals surface area contributed by atoms with E-state index in [1.165, 1.54) is 22.2 Å². The van der Waals surface area contributed by atoms with Gasteiger partial charge in [0.2, 0.25) is 10.0 Å². The number of nitrogens with one attached hydrogen (secondary N) is 1. The molecule has 5 nitrogen and oxygen atoms in total. The van der Waals surface area contributed by atoms with E-state index in [4.69, 9.17) is 0 Å². The summed E-state index contributed by atoms with van der Waals surface area (Å²) >= 11 is 0. The Morgan fingerprint density at radius 1 is 1.04 bits per heavy atom. The maximum absolute atomic E-state index is 13.1. The lowest BCUT2D eigenvalue weighted by Gasteiger charge is -2.43. The molecule has 1 fully saturated rings. The highest BCUT2D eigenvalue weighted by molar-refractivity contribution is 7.89. The lowest BCUT2D eigenvalue weighted by atomic mass is 9.95. The molecule has 1 atom stereocenters. The second-order valence-corrected chi connectivity index (χ2v) is 9.57. The van der Waals surface area contributed by atoms with Crippen molar-refractivity contribution in [2.24, 2.45) is 0 Å². The molecule has 0 radical (unpaired) electrons. The van der Waals surface area contributed by atoms with Gasteiger partial charge in [0.1, 0.15) is 0 Å². The molecule has 5 rings (SSSR count). The van der Waals surface area contributed by atoms with Crippen molar-refractivity contribution in [3.05, 3.63) is 65.4 Å². The molecule has 1 saturated heterocycles. The van der Waals surface area contributed by atoms with E-state index in [2.05, 4.69) is 28.1 Å². The summed E-state index contributed by atoms with van der Waals surface area (Å²) in [4.78, 5) is 6.36. The van der Waals surface area contributed by atoms with Crippen LogP contribution in [0.1, 0.15) is 16.8 Å². The van der Waals surface area contributed by atoms with Crippen molar-refractivity contribution in [2.45, 2.75) is 30.8 Å². The van der Waals surface area contributed by atoms with Crippen LogP contribution in [0.25, 0.3) is 10.9 Å². The standard InChI is InChI=1S/C21H23N3O2S/c1-15-6-8-17(9-7-15)27(25,26)24-11-10-23-14-21-19(12-16(23)13-24)18-4-2-3-5-20(18)22-21/h2-9,16,22H,10-14H2,1H3/t16-/m0/s1. The molecule has 27 heavy (non-hydrogen) atoms. The number of sulfonamides is 1. The summed E-state index contributed by atoms with van der Waals surface area (Å²) in [7, 11) is -3.44. The fourth-order valence-electron chi connectivity index (χ4n) is 4.41. The van der Waals surface area contributed by atoms with Crippen LogP contribution in [0.5, 0.6) is 0 Å². The quantitative estimate of drug-likeness (QED) is 0.743. The number of para-hydroxylation sites is 1. The first-order chi connectivity index (χ1) is 13.0. The average Bonchev–Trinajstić information content (AvgIpc) is 3.03. The Morgan fingerprint density at radius 2 is 1.81 bits per heavy atom. The lowest BCUT2D eigenvalue weighted by Crippen LogP contribution is -2.56. The van der Waals surface area contributed by atoms with Crippen molar-refractivity contribution in [1.29, 1.82) is 0 Å². The average molecular weight is 382 g/mol. The number of rotatable bonds is 2. The van der Waals surface area contributed by atoms with E-state index in [9.17, 15) is 8.42 Å². The normalized spacial score (nSPS) is 21.1. The number of nitrogens with zero attached hydrogens (tertiary/aromatic N) is 2. The number of hydrogen-bond acceptors (Lipinski definition) is 3. The highest BCUT2D eigenvalue weighted by Crippen LogP contribution is 2.32. The van der Waals surface area contributed by atoms with Crippen LogP contribution in [-0.2, 0) is 23.0 Å². The summed E-state index contributed by atoms with van der Waals surface area (Å²) in [5, 5.41) is 1.27. The first-order valence-electron chi connectivity index (χ1n) is 9.42. The number of aromatic amines is 1. The number of hydrogen-bond donors (Lipinski definition) is 1. The van der Waals surface area contributed by atoms with Crippen LogP contribution >= 0.6 is 0 Å². The number of piperazine rings is 1. The third-order valence-electron chi connectivity index (χ3n) is 5.93. The molecular weight excluding hydrogens is 358 g/mol. The Morgan fingerprint density at radius 3 is 2.63 bits per heavy atom. The molecular formula is C21H23N3O2S. The fourth-order valence-corrected chi connectivity index (χ4v) is 5.87. The molecule has 6 heteroatoms. The number of benzene rings is 2. The van der Waals surface area contributed by atoms with Gasteiger partial charge in [0.25, 0.3) is 0 Å². The topological polar surface area (TPSA) is 56.4 Å². The van der Waals surface area contributed by atoms with Crippen LogP contribution in [0.15, 0.2) is 53.4 Å². The van der Waals surface area contributed by atoms with Crippen molar-refractivity contribution in [3.8, 4) is 0 Å². The van der Waals surface area contributed by atoms with E-state index in [0.717, 1.165) is 25.1 Å². The van der Waals surface area contributed by atoms with Gasteiger partial charge in [0.05, 0.1) is 4.90 Å². The Hall–Kier alpha value is -2.15. The van der Waals surface area contributed by atoms with Gasteiger partial charge in [-0.15, -0.1) is 0 Å². The zero-order valence-corrected chi connectivity index (χ0v) is 16.2. The predicted octanol–water partition coefficient (Wildman–Crippen LogP) is 2.91. The van der Waals surface area contributed by atoms with E-state index in [0.29, 0.717) is 18.0 Å². The largest absolute Gasteiger partial charge is 0.357 e. The van der Waals surface area contributed by atoms with Crippen LogP contribution in [0.4, 0.5) is 0 Å². The van der Waals surface area contributed by atoms with E-state index in [-0.39, 0.29) is 6.04 Å². The third-order valence-corrected chi connectivity index (χ3v) is 7.81. The number of H-pyrrole nitrogens is 1. The molecule has 2 aliphatic heterocycles. The maximum Gasteiger partial charge on any atom is 0.243 e. The third kappa shape index (κ3) is 2.79. The number of aromatic nitrogens is 1. The van der Waals surface area contributed by atoms with Gasteiger partial charge in [-0.25, -0.2) is 8.42 Å². The van der Waals surface area contributed by atoms with Crippen molar-refractivity contribution in [2.75, 3.05) is 19.6 Å². The molecule has 0 unspecified atom stereocenters. The van der Waals surface area contributed by atoms with Crippen LogP contribution in [0.3, 0.4) is 0 Å². The van der Waals surface area contributed by atoms with E-state index >= 15 is 0 Å². The molecule has 0 amide bonds. The highest BCUT2D eigenvalue weighted by Gasteiger charge is 2.37. The SMILES string of the molecule is Cc1ccc(S(=O)(=O)N2CCN3Cc4[nH]c5ccccc5c4C[C@H]3C2)cc1. The molecule has 0 saturated carbocycles. The molecule has 1 aromatic heterocycles. The van der Waals surface area contributed by atoms with E-state index < -0.39 is 10.0 Å². The highest BCUT2D eigenvalue weighted by atomic mass is 32.2. The van der Waals surface area contributed by atoms with Crippen LogP contribution in [-0.4, -0.2) is 48.3 Å². The van der Waals surface area contributed by atoms with Crippen molar-refractivity contribution in [3.63, 3.8) is 0 Å². The minimum Gasteiger partial charge on any atom is -0.357 e. The molecule has 0 spiro atoms. The second-order valence-electron chi connectivity index (χ2n) is 7.63. The number of aryl methyl sites for hydroxylation is 1. The van der Waals surface area contributed by atoms with Crippen LogP contribution < -0.4 is 0 Å². The first kappa shape index (κ1) is 17.0. The van der Waals surface area contributed by atoms with Gasteiger partial charge < -0.3 is 4.98 Å². The zero-order valence-electron chi connectivity index (χ0n) is 15.4. The molecule has 0 aliphatic carbocycles.